The third-order valence-corrected chi connectivity index (χ3v) is 3.91. The zero-order chi connectivity index (χ0) is 16.9. The molecule has 0 aromatic heterocycles. The number of para-hydroxylation sites is 1. The van der Waals surface area contributed by atoms with Gasteiger partial charge in [0.05, 0.1) is 0 Å². The van der Waals surface area contributed by atoms with Crippen molar-refractivity contribution in [2.45, 2.75) is 18.6 Å². The van der Waals surface area contributed by atoms with Crippen LogP contribution >= 0.6 is 0 Å². The summed E-state index contributed by atoms with van der Waals surface area (Å²) in [4.78, 5) is 0. The summed E-state index contributed by atoms with van der Waals surface area (Å²) < 4.78 is 63.6. The Morgan fingerprint density at radius 2 is 1.52 bits per heavy atom. The molecule has 4 nitrogen and oxygen atoms in total. The Bertz CT molecular complexity index is 746. The molecule has 0 atom stereocenters. The summed E-state index contributed by atoms with van der Waals surface area (Å²) >= 11 is 0. The molecule has 0 unspecified atom stereocenters. The summed E-state index contributed by atoms with van der Waals surface area (Å²) in [5, 5.41) is 3.03. The van der Waals surface area contributed by atoms with Gasteiger partial charge in [0.25, 0.3) is 0 Å². The Morgan fingerprint density at radius 1 is 0.913 bits per heavy atom. The van der Waals surface area contributed by atoms with Crippen LogP contribution in [0.4, 0.5) is 13.2 Å². The molecule has 124 valence electrons. The van der Waals surface area contributed by atoms with Crippen molar-refractivity contribution >= 4 is 10.1 Å². The average Bonchev–Trinajstić information content (AvgIpc) is 2.49. The summed E-state index contributed by atoms with van der Waals surface area (Å²) in [7, 11) is -5.68. The summed E-state index contributed by atoms with van der Waals surface area (Å²) in [6, 6.07) is 15.1. The first-order valence-electron chi connectivity index (χ1n) is 6.63. The van der Waals surface area contributed by atoms with Gasteiger partial charge >= 0.3 is 15.6 Å². The molecule has 0 heterocycles. The maximum absolute atomic E-state index is 12.4. The van der Waals surface area contributed by atoms with Crippen LogP contribution in [-0.4, -0.2) is 13.9 Å². The Kier molecular flexibility index (Phi) is 5.27. The number of nitrogens with one attached hydrogen (secondary N) is 1. The molecular weight excluding hydrogens is 331 g/mol. The molecule has 23 heavy (non-hydrogen) atoms. The predicted molar refractivity (Wildman–Crippen MR) is 79.0 cm³/mol. The van der Waals surface area contributed by atoms with Crippen LogP contribution in [0, 0.1) is 0 Å². The lowest BCUT2D eigenvalue weighted by atomic mass is 10.2. The molecule has 0 aliphatic heterocycles. The van der Waals surface area contributed by atoms with E-state index in [2.05, 4.69) is 9.50 Å². The van der Waals surface area contributed by atoms with Crippen LogP contribution in [-0.2, 0) is 23.2 Å². The van der Waals surface area contributed by atoms with Gasteiger partial charge in [0.1, 0.15) is 5.75 Å². The van der Waals surface area contributed by atoms with Crippen molar-refractivity contribution in [3.63, 3.8) is 0 Å². The minimum absolute atomic E-state index is 0.165. The normalized spacial score (nSPS) is 12.1. The fourth-order valence-electron chi connectivity index (χ4n) is 1.83. The Morgan fingerprint density at radius 3 is 2.17 bits per heavy atom. The zero-order valence-electron chi connectivity index (χ0n) is 11.9. The quantitative estimate of drug-likeness (QED) is 0.645. The van der Waals surface area contributed by atoms with E-state index in [1.807, 2.05) is 30.3 Å². The Labute approximate surface area is 132 Å². The molecule has 0 bridgehead atoms. The summed E-state index contributed by atoms with van der Waals surface area (Å²) in [5.74, 6) is -0.342. The van der Waals surface area contributed by atoms with Gasteiger partial charge < -0.3 is 9.50 Å². The lowest BCUT2D eigenvalue weighted by Crippen LogP contribution is -2.28. The monoisotopic (exact) mass is 345 g/mol. The highest BCUT2D eigenvalue weighted by Gasteiger charge is 2.48. The molecule has 0 amide bonds. The average molecular weight is 345 g/mol. The van der Waals surface area contributed by atoms with Crippen molar-refractivity contribution in [1.29, 1.82) is 0 Å². The fourth-order valence-corrected chi connectivity index (χ4v) is 2.33. The fraction of sp³-hybridized carbons (Fsp3) is 0.200. The number of benzene rings is 2. The van der Waals surface area contributed by atoms with E-state index >= 15 is 0 Å². The standard InChI is InChI=1S/C15H14F3NO3S/c16-15(17,18)23(20,21)22-14-9-5-4-8-13(14)11-19-10-12-6-2-1-3-7-12/h1-9,19H,10-11H2. The van der Waals surface area contributed by atoms with Gasteiger partial charge in [0, 0.05) is 18.7 Å². The largest absolute Gasteiger partial charge is 0.534 e. The molecule has 0 aliphatic rings. The predicted octanol–water partition coefficient (Wildman–Crippen LogP) is 3.20. The highest BCUT2D eigenvalue weighted by atomic mass is 32.2. The maximum atomic E-state index is 12.4. The molecule has 2 rings (SSSR count). The van der Waals surface area contributed by atoms with E-state index in [9.17, 15) is 21.6 Å². The number of halogens is 3. The second-order valence-corrected chi connectivity index (χ2v) is 6.22. The summed E-state index contributed by atoms with van der Waals surface area (Å²) in [6.07, 6.45) is 0. The maximum Gasteiger partial charge on any atom is 0.534 e. The van der Waals surface area contributed by atoms with Gasteiger partial charge in [0.15, 0.2) is 0 Å². The van der Waals surface area contributed by atoms with E-state index in [-0.39, 0.29) is 12.3 Å². The van der Waals surface area contributed by atoms with Crippen LogP contribution in [0.1, 0.15) is 11.1 Å². The lowest BCUT2D eigenvalue weighted by molar-refractivity contribution is -0.0500. The highest BCUT2D eigenvalue weighted by molar-refractivity contribution is 7.88. The molecular formula is C15H14F3NO3S. The third-order valence-electron chi connectivity index (χ3n) is 2.94. The molecule has 0 saturated heterocycles. The van der Waals surface area contributed by atoms with Crippen molar-refractivity contribution in [3.8, 4) is 5.75 Å². The van der Waals surface area contributed by atoms with Crippen LogP contribution in [0.5, 0.6) is 5.75 Å². The Balaban J connectivity index is 2.06. The van der Waals surface area contributed by atoms with Crippen molar-refractivity contribution < 1.29 is 25.8 Å². The molecule has 0 radical (unpaired) electrons. The molecule has 8 heteroatoms. The van der Waals surface area contributed by atoms with Crippen LogP contribution in [0.3, 0.4) is 0 Å². The van der Waals surface area contributed by atoms with E-state index in [1.54, 1.807) is 6.07 Å². The van der Waals surface area contributed by atoms with Gasteiger partial charge in [-0.2, -0.15) is 21.6 Å². The van der Waals surface area contributed by atoms with E-state index in [0.29, 0.717) is 12.1 Å². The Hall–Kier alpha value is -2.06. The first kappa shape index (κ1) is 17.3. The highest BCUT2D eigenvalue weighted by Crippen LogP contribution is 2.28. The van der Waals surface area contributed by atoms with Crippen LogP contribution in [0.15, 0.2) is 54.6 Å². The molecule has 0 spiro atoms. The van der Waals surface area contributed by atoms with Crippen molar-refractivity contribution in [1.82, 2.24) is 5.32 Å². The second-order valence-electron chi connectivity index (χ2n) is 4.68. The van der Waals surface area contributed by atoms with Crippen LogP contribution in [0.25, 0.3) is 0 Å². The van der Waals surface area contributed by atoms with Crippen LogP contribution < -0.4 is 9.50 Å². The van der Waals surface area contributed by atoms with E-state index in [4.69, 9.17) is 0 Å². The van der Waals surface area contributed by atoms with Crippen molar-refractivity contribution in [3.05, 3.63) is 65.7 Å². The molecule has 2 aromatic rings. The van der Waals surface area contributed by atoms with Crippen LogP contribution in [0.2, 0.25) is 0 Å². The minimum atomic E-state index is -5.68. The SMILES string of the molecule is O=S(=O)(Oc1ccccc1CNCc1ccccc1)C(F)(F)F. The lowest BCUT2D eigenvalue weighted by Gasteiger charge is -2.13. The summed E-state index contributed by atoms with van der Waals surface area (Å²) in [5.41, 5.74) is -4.15. The van der Waals surface area contributed by atoms with E-state index < -0.39 is 15.6 Å². The van der Waals surface area contributed by atoms with Gasteiger partial charge in [-0.1, -0.05) is 48.5 Å². The molecule has 0 saturated carbocycles. The third kappa shape index (κ3) is 4.70. The van der Waals surface area contributed by atoms with E-state index in [1.165, 1.54) is 18.2 Å². The first-order valence-corrected chi connectivity index (χ1v) is 8.04. The number of alkyl halides is 3. The van der Waals surface area contributed by atoms with Crippen molar-refractivity contribution in [2.75, 3.05) is 0 Å². The van der Waals surface area contributed by atoms with Gasteiger partial charge in [0.2, 0.25) is 0 Å². The topological polar surface area (TPSA) is 55.4 Å². The zero-order valence-corrected chi connectivity index (χ0v) is 12.7. The smallest absolute Gasteiger partial charge is 0.376 e. The van der Waals surface area contributed by atoms with Gasteiger partial charge in [-0.15, -0.1) is 0 Å². The first-order chi connectivity index (χ1) is 10.8. The summed E-state index contributed by atoms with van der Waals surface area (Å²) in [6.45, 7) is 0.652. The van der Waals surface area contributed by atoms with Gasteiger partial charge in [-0.25, -0.2) is 0 Å². The number of hydrogen-bond acceptors (Lipinski definition) is 4. The molecule has 0 aliphatic carbocycles. The molecule has 0 fully saturated rings. The second kappa shape index (κ2) is 7.01. The van der Waals surface area contributed by atoms with Gasteiger partial charge in [-0.05, 0) is 11.6 Å². The molecule has 1 N–H and O–H groups in total. The number of rotatable bonds is 6. The van der Waals surface area contributed by atoms with E-state index in [0.717, 1.165) is 5.56 Å². The number of hydrogen-bond donors (Lipinski definition) is 1. The van der Waals surface area contributed by atoms with Gasteiger partial charge in [-0.3, -0.25) is 0 Å². The molecule has 2 aromatic carbocycles. The minimum Gasteiger partial charge on any atom is -0.376 e. The van der Waals surface area contributed by atoms with Crippen molar-refractivity contribution in [2.24, 2.45) is 0 Å².